The lowest BCUT2D eigenvalue weighted by atomic mass is 10.2. The second-order valence-corrected chi connectivity index (χ2v) is 6.73. The fraction of sp³-hybridized carbons (Fsp3) is 0.167. The zero-order valence-electron chi connectivity index (χ0n) is 13.6. The Hall–Kier alpha value is -2.44. The van der Waals surface area contributed by atoms with Crippen molar-refractivity contribution >= 4 is 51.3 Å². The van der Waals surface area contributed by atoms with E-state index in [1.165, 1.54) is 11.3 Å². The number of carbonyl (C=O) groups excluding carboxylic acids is 1. The SMILES string of the molecule is CCOC(=O)c1sc2nc(C=Cc3ccc(Cl)cc3)[nH]c(=O)c2c1C. The summed E-state index contributed by atoms with van der Waals surface area (Å²) in [5, 5.41) is 1.09. The standard InChI is InChI=1S/C18H15ClN2O3S/c1-3-24-18(23)15-10(2)14-16(22)20-13(21-17(14)25-15)9-6-11-4-7-12(19)8-5-11/h4-9H,3H2,1-2H3,(H,20,21,22). The molecule has 0 unspecified atom stereocenters. The molecule has 3 aromatic rings. The van der Waals surface area contributed by atoms with E-state index in [0.717, 1.165) is 5.56 Å². The van der Waals surface area contributed by atoms with Gasteiger partial charge in [-0.3, -0.25) is 4.79 Å². The summed E-state index contributed by atoms with van der Waals surface area (Å²) in [5.41, 5.74) is 1.26. The Morgan fingerprint density at radius 3 is 2.72 bits per heavy atom. The molecule has 0 bridgehead atoms. The van der Waals surface area contributed by atoms with Crippen molar-refractivity contribution in [3.05, 3.63) is 61.5 Å². The quantitative estimate of drug-likeness (QED) is 0.691. The van der Waals surface area contributed by atoms with Gasteiger partial charge in [-0.2, -0.15) is 0 Å². The molecule has 1 N–H and O–H groups in total. The first-order valence-electron chi connectivity index (χ1n) is 7.63. The zero-order chi connectivity index (χ0) is 18.0. The summed E-state index contributed by atoms with van der Waals surface area (Å²) in [6.45, 7) is 3.75. The van der Waals surface area contributed by atoms with E-state index in [1.54, 1.807) is 32.1 Å². The van der Waals surface area contributed by atoms with Gasteiger partial charge in [-0.15, -0.1) is 11.3 Å². The number of aromatic nitrogens is 2. The van der Waals surface area contributed by atoms with Crippen LogP contribution in [0.1, 0.15) is 33.5 Å². The third-order valence-corrected chi connectivity index (χ3v) is 5.00. The molecule has 3 rings (SSSR count). The van der Waals surface area contributed by atoms with Crippen LogP contribution in [0.5, 0.6) is 0 Å². The molecule has 128 valence electrons. The van der Waals surface area contributed by atoms with Gasteiger partial charge in [0.1, 0.15) is 15.5 Å². The number of rotatable bonds is 4. The van der Waals surface area contributed by atoms with E-state index in [2.05, 4.69) is 9.97 Å². The highest BCUT2D eigenvalue weighted by Crippen LogP contribution is 2.27. The maximum absolute atomic E-state index is 12.4. The van der Waals surface area contributed by atoms with E-state index < -0.39 is 5.97 Å². The Morgan fingerprint density at radius 1 is 1.32 bits per heavy atom. The minimum atomic E-state index is -0.430. The summed E-state index contributed by atoms with van der Waals surface area (Å²) in [5.74, 6) is -0.00948. The van der Waals surface area contributed by atoms with Crippen LogP contribution in [-0.2, 0) is 4.74 Å². The molecule has 0 saturated carbocycles. The zero-order valence-corrected chi connectivity index (χ0v) is 15.2. The lowest BCUT2D eigenvalue weighted by molar-refractivity contribution is 0.0531. The maximum atomic E-state index is 12.4. The second kappa shape index (κ2) is 7.21. The highest BCUT2D eigenvalue weighted by Gasteiger charge is 2.19. The molecule has 0 radical (unpaired) electrons. The molecule has 0 spiro atoms. The summed E-state index contributed by atoms with van der Waals surface area (Å²) in [4.78, 5) is 32.5. The first kappa shape index (κ1) is 17.4. The average molecular weight is 375 g/mol. The minimum Gasteiger partial charge on any atom is -0.462 e. The first-order valence-corrected chi connectivity index (χ1v) is 8.83. The number of aromatic amines is 1. The number of H-pyrrole nitrogens is 1. The summed E-state index contributed by atoms with van der Waals surface area (Å²) >= 11 is 7.03. The van der Waals surface area contributed by atoms with Crippen LogP contribution in [0.3, 0.4) is 0 Å². The smallest absolute Gasteiger partial charge is 0.348 e. The van der Waals surface area contributed by atoms with Gasteiger partial charge in [-0.05, 0) is 43.2 Å². The first-order chi connectivity index (χ1) is 12.0. The molecule has 0 aliphatic heterocycles. The highest BCUT2D eigenvalue weighted by molar-refractivity contribution is 7.20. The monoisotopic (exact) mass is 374 g/mol. The number of thiophene rings is 1. The molecule has 2 aromatic heterocycles. The third-order valence-electron chi connectivity index (χ3n) is 3.58. The third kappa shape index (κ3) is 3.65. The van der Waals surface area contributed by atoms with Crippen molar-refractivity contribution < 1.29 is 9.53 Å². The number of nitrogens with zero attached hydrogens (tertiary/aromatic N) is 1. The van der Waals surface area contributed by atoms with Gasteiger partial charge in [0, 0.05) is 5.02 Å². The fourth-order valence-electron chi connectivity index (χ4n) is 2.38. The maximum Gasteiger partial charge on any atom is 0.348 e. The van der Waals surface area contributed by atoms with E-state index in [9.17, 15) is 9.59 Å². The molecule has 25 heavy (non-hydrogen) atoms. The van der Waals surface area contributed by atoms with Gasteiger partial charge < -0.3 is 9.72 Å². The average Bonchev–Trinajstić information content (AvgIpc) is 2.92. The molecular formula is C18H15ClN2O3S. The number of hydrogen-bond donors (Lipinski definition) is 1. The number of esters is 1. The highest BCUT2D eigenvalue weighted by atomic mass is 35.5. The predicted molar refractivity (Wildman–Crippen MR) is 101 cm³/mol. The number of halogens is 1. The van der Waals surface area contributed by atoms with Gasteiger partial charge >= 0.3 is 5.97 Å². The van der Waals surface area contributed by atoms with Crippen molar-refractivity contribution in [2.75, 3.05) is 6.61 Å². The molecule has 0 saturated heterocycles. The van der Waals surface area contributed by atoms with Crippen LogP contribution in [0, 0.1) is 6.92 Å². The van der Waals surface area contributed by atoms with Crippen LogP contribution in [0.15, 0.2) is 29.1 Å². The van der Waals surface area contributed by atoms with Crippen molar-refractivity contribution in [2.45, 2.75) is 13.8 Å². The van der Waals surface area contributed by atoms with Crippen LogP contribution in [-0.4, -0.2) is 22.5 Å². The molecule has 0 amide bonds. The number of aryl methyl sites for hydroxylation is 1. The van der Waals surface area contributed by atoms with Crippen molar-refractivity contribution in [1.82, 2.24) is 9.97 Å². The van der Waals surface area contributed by atoms with Crippen molar-refractivity contribution in [1.29, 1.82) is 0 Å². The molecule has 0 fully saturated rings. The van der Waals surface area contributed by atoms with Crippen molar-refractivity contribution in [2.24, 2.45) is 0 Å². The van der Waals surface area contributed by atoms with Gasteiger partial charge in [0.15, 0.2) is 0 Å². The van der Waals surface area contributed by atoms with Crippen LogP contribution in [0.4, 0.5) is 0 Å². The van der Waals surface area contributed by atoms with Crippen LogP contribution >= 0.6 is 22.9 Å². The van der Waals surface area contributed by atoms with Crippen LogP contribution < -0.4 is 5.56 Å². The van der Waals surface area contributed by atoms with Gasteiger partial charge in [0.25, 0.3) is 5.56 Å². The summed E-state index contributed by atoms with van der Waals surface area (Å²) in [7, 11) is 0. The van der Waals surface area contributed by atoms with Gasteiger partial charge in [0.2, 0.25) is 0 Å². The molecular weight excluding hydrogens is 360 g/mol. The molecule has 5 nitrogen and oxygen atoms in total. The Morgan fingerprint density at radius 2 is 2.04 bits per heavy atom. The fourth-order valence-corrected chi connectivity index (χ4v) is 3.59. The Kier molecular flexibility index (Phi) is 5.01. The predicted octanol–water partition coefficient (Wildman–Crippen LogP) is 4.29. The summed E-state index contributed by atoms with van der Waals surface area (Å²) < 4.78 is 5.03. The van der Waals surface area contributed by atoms with Gasteiger partial charge in [0.05, 0.1) is 12.0 Å². The van der Waals surface area contributed by atoms with Gasteiger partial charge in [-0.25, -0.2) is 9.78 Å². The summed E-state index contributed by atoms with van der Waals surface area (Å²) in [6.07, 6.45) is 3.54. The van der Waals surface area contributed by atoms with E-state index in [-0.39, 0.29) is 12.2 Å². The molecule has 2 heterocycles. The lowest BCUT2D eigenvalue weighted by Crippen LogP contribution is -2.10. The Balaban J connectivity index is 2.00. The number of carbonyl (C=O) groups is 1. The Labute approximate surface area is 152 Å². The van der Waals surface area contributed by atoms with E-state index in [4.69, 9.17) is 16.3 Å². The van der Waals surface area contributed by atoms with Gasteiger partial charge in [-0.1, -0.05) is 29.8 Å². The normalized spacial score (nSPS) is 11.3. The minimum absolute atomic E-state index is 0.273. The lowest BCUT2D eigenvalue weighted by Gasteiger charge is -1.98. The number of benzene rings is 1. The Bertz CT molecular complexity index is 1020. The molecule has 7 heteroatoms. The van der Waals surface area contributed by atoms with Crippen molar-refractivity contribution in [3.8, 4) is 0 Å². The van der Waals surface area contributed by atoms with E-state index in [0.29, 0.717) is 31.5 Å². The molecule has 0 aliphatic carbocycles. The van der Waals surface area contributed by atoms with Crippen LogP contribution in [0.25, 0.3) is 22.4 Å². The van der Waals surface area contributed by atoms with E-state index >= 15 is 0 Å². The largest absolute Gasteiger partial charge is 0.462 e. The van der Waals surface area contributed by atoms with E-state index in [1.807, 2.05) is 18.2 Å². The number of hydrogen-bond acceptors (Lipinski definition) is 5. The molecule has 1 aromatic carbocycles. The topological polar surface area (TPSA) is 72.0 Å². The number of fused-ring (bicyclic) bond motifs is 1. The molecule has 0 atom stereocenters. The van der Waals surface area contributed by atoms with Crippen molar-refractivity contribution in [3.63, 3.8) is 0 Å². The molecule has 0 aliphatic rings. The number of ether oxygens (including phenoxy) is 1. The number of nitrogens with one attached hydrogen (secondary N) is 1. The van der Waals surface area contributed by atoms with Crippen LogP contribution in [0.2, 0.25) is 5.02 Å². The summed E-state index contributed by atoms with van der Waals surface area (Å²) in [6, 6.07) is 7.30. The second-order valence-electron chi connectivity index (χ2n) is 5.29.